The number of halogens is 1. The standard InChI is InChI=1S/C11H11BrOS2/c1-2-8-3-4-9(15-8)11(13)7-5-10(12)14-6-7/h3-6,11,13H,2H2,1H3. The van der Waals surface area contributed by atoms with Gasteiger partial charge in [-0.25, -0.2) is 0 Å². The summed E-state index contributed by atoms with van der Waals surface area (Å²) in [5.41, 5.74) is 0.969. The van der Waals surface area contributed by atoms with Crippen LogP contribution in [0.25, 0.3) is 0 Å². The Bertz CT molecular complexity index is 447. The highest BCUT2D eigenvalue weighted by molar-refractivity contribution is 9.11. The summed E-state index contributed by atoms with van der Waals surface area (Å²) in [6.45, 7) is 2.13. The predicted molar refractivity (Wildman–Crippen MR) is 69.8 cm³/mol. The number of rotatable bonds is 3. The van der Waals surface area contributed by atoms with Crippen LogP contribution in [0.1, 0.15) is 28.3 Å². The van der Waals surface area contributed by atoms with Gasteiger partial charge in [-0.1, -0.05) is 6.92 Å². The summed E-state index contributed by atoms with van der Waals surface area (Å²) in [6.07, 6.45) is 0.558. The molecule has 80 valence electrons. The van der Waals surface area contributed by atoms with Crippen LogP contribution in [0.15, 0.2) is 27.4 Å². The third kappa shape index (κ3) is 2.50. The molecular weight excluding hydrogens is 292 g/mol. The van der Waals surface area contributed by atoms with Gasteiger partial charge in [0.2, 0.25) is 0 Å². The lowest BCUT2D eigenvalue weighted by atomic mass is 10.2. The molecule has 0 fully saturated rings. The van der Waals surface area contributed by atoms with Crippen LogP contribution in [0.2, 0.25) is 0 Å². The molecule has 2 aromatic heterocycles. The summed E-state index contributed by atoms with van der Waals surface area (Å²) < 4.78 is 1.06. The zero-order valence-electron chi connectivity index (χ0n) is 8.24. The Kier molecular flexibility index (Phi) is 3.61. The van der Waals surface area contributed by atoms with Crippen molar-refractivity contribution in [2.45, 2.75) is 19.4 Å². The highest BCUT2D eigenvalue weighted by Crippen LogP contribution is 2.32. The van der Waals surface area contributed by atoms with E-state index in [-0.39, 0.29) is 0 Å². The highest BCUT2D eigenvalue weighted by atomic mass is 79.9. The smallest absolute Gasteiger partial charge is 0.114 e. The lowest BCUT2D eigenvalue weighted by Crippen LogP contribution is -1.93. The average Bonchev–Trinajstić information content (AvgIpc) is 2.84. The van der Waals surface area contributed by atoms with Gasteiger partial charge in [0.05, 0.1) is 3.79 Å². The molecule has 2 aromatic rings. The number of aliphatic hydroxyl groups is 1. The maximum Gasteiger partial charge on any atom is 0.114 e. The zero-order chi connectivity index (χ0) is 10.8. The molecule has 2 rings (SSSR count). The van der Waals surface area contributed by atoms with Gasteiger partial charge in [-0.05, 0) is 51.5 Å². The van der Waals surface area contributed by atoms with Gasteiger partial charge in [-0.2, -0.15) is 0 Å². The number of hydrogen-bond acceptors (Lipinski definition) is 3. The first-order valence-corrected chi connectivity index (χ1v) is 7.20. The Balaban J connectivity index is 2.23. The molecule has 1 nitrogen and oxygen atoms in total. The topological polar surface area (TPSA) is 20.2 Å². The lowest BCUT2D eigenvalue weighted by molar-refractivity contribution is 0.224. The minimum absolute atomic E-state index is 0.474. The second-order valence-electron chi connectivity index (χ2n) is 3.24. The Morgan fingerprint density at radius 2 is 2.27 bits per heavy atom. The summed E-state index contributed by atoms with van der Waals surface area (Å²) in [5.74, 6) is 0. The fourth-order valence-corrected chi connectivity index (χ4v) is 3.52. The van der Waals surface area contributed by atoms with Crippen LogP contribution >= 0.6 is 38.6 Å². The molecule has 0 bridgehead atoms. The number of aryl methyl sites for hydroxylation is 1. The van der Waals surface area contributed by atoms with Crippen molar-refractivity contribution in [3.63, 3.8) is 0 Å². The number of thiophene rings is 2. The molecule has 0 saturated heterocycles. The Morgan fingerprint density at radius 1 is 1.47 bits per heavy atom. The van der Waals surface area contributed by atoms with Gasteiger partial charge < -0.3 is 5.11 Å². The van der Waals surface area contributed by atoms with Crippen molar-refractivity contribution in [2.24, 2.45) is 0 Å². The molecule has 2 heterocycles. The van der Waals surface area contributed by atoms with E-state index in [2.05, 4.69) is 28.9 Å². The summed E-state index contributed by atoms with van der Waals surface area (Å²) in [6, 6.07) is 6.07. The molecule has 0 spiro atoms. The maximum atomic E-state index is 10.1. The SMILES string of the molecule is CCc1ccc(C(O)c2csc(Br)c2)s1. The van der Waals surface area contributed by atoms with E-state index in [4.69, 9.17) is 0 Å². The van der Waals surface area contributed by atoms with E-state index in [0.717, 1.165) is 20.6 Å². The van der Waals surface area contributed by atoms with E-state index in [9.17, 15) is 5.11 Å². The second-order valence-corrected chi connectivity index (χ2v) is 6.73. The quantitative estimate of drug-likeness (QED) is 0.900. The molecule has 1 unspecified atom stereocenters. The van der Waals surface area contributed by atoms with Crippen LogP contribution in [-0.2, 0) is 6.42 Å². The average molecular weight is 303 g/mol. The van der Waals surface area contributed by atoms with Crippen molar-refractivity contribution in [1.29, 1.82) is 0 Å². The summed E-state index contributed by atoms with van der Waals surface area (Å²) >= 11 is 6.69. The minimum atomic E-state index is -0.474. The van der Waals surface area contributed by atoms with Crippen LogP contribution in [0.5, 0.6) is 0 Å². The van der Waals surface area contributed by atoms with Crippen molar-refractivity contribution < 1.29 is 5.11 Å². The van der Waals surface area contributed by atoms with Gasteiger partial charge >= 0.3 is 0 Å². The summed E-state index contributed by atoms with van der Waals surface area (Å²) in [7, 11) is 0. The van der Waals surface area contributed by atoms with Crippen LogP contribution in [0, 0.1) is 0 Å². The van der Waals surface area contributed by atoms with Crippen molar-refractivity contribution in [1.82, 2.24) is 0 Å². The van der Waals surface area contributed by atoms with E-state index < -0.39 is 6.10 Å². The normalized spacial score (nSPS) is 13.0. The third-order valence-electron chi connectivity index (χ3n) is 2.20. The molecule has 1 N–H and O–H groups in total. The van der Waals surface area contributed by atoms with Crippen LogP contribution < -0.4 is 0 Å². The molecule has 0 aliphatic carbocycles. The van der Waals surface area contributed by atoms with Crippen LogP contribution in [-0.4, -0.2) is 5.11 Å². The first-order chi connectivity index (χ1) is 7.20. The Hall–Kier alpha value is -0.160. The highest BCUT2D eigenvalue weighted by Gasteiger charge is 2.13. The molecule has 15 heavy (non-hydrogen) atoms. The van der Waals surface area contributed by atoms with E-state index in [1.54, 1.807) is 22.7 Å². The predicted octanol–water partition coefficient (Wildman–Crippen LogP) is 4.22. The van der Waals surface area contributed by atoms with Gasteiger partial charge in [0.1, 0.15) is 6.10 Å². The summed E-state index contributed by atoms with van der Waals surface area (Å²) in [5, 5.41) is 12.1. The van der Waals surface area contributed by atoms with Crippen molar-refractivity contribution >= 4 is 38.6 Å². The maximum absolute atomic E-state index is 10.1. The molecule has 0 aliphatic heterocycles. The molecule has 0 aliphatic rings. The van der Waals surface area contributed by atoms with Gasteiger partial charge in [0, 0.05) is 9.75 Å². The Labute approximate surface area is 106 Å². The van der Waals surface area contributed by atoms with E-state index >= 15 is 0 Å². The number of hydrogen-bond donors (Lipinski definition) is 1. The molecule has 0 amide bonds. The summed E-state index contributed by atoms with van der Waals surface area (Å²) in [4.78, 5) is 2.34. The van der Waals surface area contributed by atoms with Gasteiger partial charge in [-0.15, -0.1) is 22.7 Å². The van der Waals surface area contributed by atoms with Gasteiger partial charge in [-0.3, -0.25) is 0 Å². The zero-order valence-corrected chi connectivity index (χ0v) is 11.5. The van der Waals surface area contributed by atoms with E-state index in [1.165, 1.54) is 4.88 Å². The van der Waals surface area contributed by atoms with Gasteiger partial charge in [0.25, 0.3) is 0 Å². The fraction of sp³-hybridized carbons (Fsp3) is 0.273. The van der Waals surface area contributed by atoms with Crippen LogP contribution in [0.3, 0.4) is 0 Å². The molecule has 0 radical (unpaired) electrons. The fourth-order valence-electron chi connectivity index (χ4n) is 1.36. The molecule has 1 atom stereocenters. The monoisotopic (exact) mass is 302 g/mol. The molecule has 0 saturated carbocycles. The Morgan fingerprint density at radius 3 is 2.80 bits per heavy atom. The largest absolute Gasteiger partial charge is 0.383 e. The second kappa shape index (κ2) is 4.78. The number of aliphatic hydroxyl groups excluding tert-OH is 1. The minimum Gasteiger partial charge on any atom is -0.383 e. The first kappa shape index (κ1) is 11.3. The first-order valence-electron chi connectivity index (χ1n) is 4.71. The molecule has 4 heteroatoms. The van der Waals surface area contributed by atoms with Crippen molar-refractivity contribution in [3.8, 4) is 0 Å². The van der Waals surface area contributed by atoms with Crippen molar-refractivity contribution in [3.05, 3.63) is 42.7 Å². The third-order valence-corrected chi connectivity index (χ3v) is 5.01. The van der Waals surface area contributed by atoms with E-state index in [1.807, 2.05) is 17.5 Å². The van der Waals surface area contributed by atoms with Gasteiger partial charge in [0.15, 0.2) is 0 Å². The lowest BCUT2D eigenvalue weighted by Gasteiger charge is -2.04. The molecule has 0 aromatic carbocycles. The van der Waals surface area contributed by atoms with E-state index in [0.29, 0.717) is 0 Å². The van der Waals surface area contributed by atoms with Crippen LogP contribution in [0.4, 0.5) is 0 Å². The van der Waals surface area contributed by atoms with Crippen molar-refractivity contribution in [2.75, 3.05) is 0 Å². The molecular formula is C11H11BrOS2.